The lowest BCUT2D eigenvalue weighted by atomic mass is 10.4. The summed E-state index contributed by atoms with van der Waals surface area (Å²) < 4.78 is 24.6. The van der Waals surface area contributed by atoms with Gasteiger partial charge in [-0.2, -0.15) is 0 Å². The molecule has 2 rings (SSSR count). The second-order valence-corrected chi connectivity index (χ2v) is 6.98. The van der Waals surface area contributed by atoms with Crippen molar-refractivity contribution in [3.8, 4) is 0 Å². The minimum Gasteiger partial charge on any atom is -0.245 e. The molecule has 7 heteroatoms. The maximum atomic E-state index is 11.5. The van der Waals surface area contributed by atoms with Crippen LogP contribution in [-0.2, 0) is 22.3 Å². The Morgan fingerprint density at radius 1 is 1.56 bits per heavy atom. The monoisotopic (exact) mass is 280 g/mol. The van der Waals surface area contributed by atoms with Crippen molar-refractivity contribution in [1.29, 1.82) is 0 Å². The molecule has 0 N–H and O–H groups in total. The minimum absolute atomic E-state index is 0.289. The zero-order valence-electron chi connectivity index (χ0n) is 8.73. The number of nitrogens with zero attached hydrogens (tertiary/aromatic N) is 2. The van der Waals surface area contributed by atoms with Crippen molar-refractivity contribution in [3.05, 3.63) is 16.1 Å². The topological polar surface area (TPSA) is 50.3 Å². The third kappa shape index (κ3) is 2.74. The summed E-state index contributed by atoms with van der Waals surface area (Å²) in [5.74, 6) is 0.705. The summed E-state index contributed by atoms with van der Waals surface area (Å²) >= 11 is 7.19. The van der Waals surface area contributed by atoms with Gasteiger partial charge in [0.15, 0.2) is 0 Å². The lowest BCUT2D eigenvalue weighted by Crippen LogP contribution is -2.27. The van der Waals surface area contributed by atoms with E-state index < -0.39 is 10.0 Å². The average Bonchev–Trinajstić information content (AvgIpc) is 2.81. The summed E-state index contributed by atoms with van der Waals surface area (Å²) in [5.41, 5.74) is 0.867. The number of hydrogen-bond acceptors (Lipinski definition) is 4. The Balaban J connectivity index is 1.92. The van der Waals surface area contributed by atoms with Crippen molar-refractivity contribution in [2.45, 2.75) is 18.7 Å². The summed E-state index contributed by atoms with van der Waals surface area (Å²) in [4.78, 5) is 4.30. The van der Waals surface area contributed by atoms with E-state index in [0.29, 0.717) is 25.4 Å². The van der Waals surface area contributed by atoms with Crippen LogP contribution >= 0.6 is 22.9 Å². The normalized spacial score (nSPS) is 20.3. The molecule has 0 atom stereocenters. The molecule has 16 heavy (non-hydrogen) atoms. The molecule has 0 aromatic carbocycles. The Kier molecular flexibility index (Phi) is 3.84. The number of sulfonamides is 1. The summed E-state index contributed by atoms with van der Waals surface area (Å²) in [6, 6.07) is 0. The van der Waals surface area contributed by atoms with Crippen LogP contribution in [0.5, 0.6) is 0 Å². The van der Waals surface area contributed by atoms with E-state index in [2.05, 4.69) is 4.98 Å². The highest BCUT2D eigenvalue weighted by molar-refractivity contribution is 7.89. The van der Waals surface area contributed by atoms with E-state index in [-0.39, 0.29) is 5.75 Å². The molecule has 1 saturated heterocycles. The Labute approximate surface area is 104 Å². The fraction of sp³-hybridized carbons (Fsp3) is 0.667. The van der Waals surface area contributed by atoms with E-state index >= 15 is 0 Å². The first-order chi connectivity index (χ1) is 7.62. The van der Waals surface area contributed by atoms with Crippen LogP contribution in [0.15, 0.2) is 5.38 Å². The van der Waals surface area contributed by atoms with Gasteiger partial charge in [0.1, 0.15) is 0 Å². The zero-order chi connectivity index (χ0) is 11.6. The van der Waals surface area contributed by atoms with Gasteiger partial charge in [-0.1, -0.05) is 0 Å². The molecule has 0 radical (unpaired) electrons. The van der Waals surface area contributed by atoms with Gasteiger partial charge in [0.2, 0.25) is 10.0 Å². The smallest absolute Gasteiger partial charge is 0.214 e. The van der Waals surface area contributed by atoms with Crippen molar-refractivity contribution in [2.75, 3.05) is 18.8 Å². The van der Waals surface area contributed by atoms with Crippen LogP contribution < -0.4 is 0 Å². The quantitative estimate of drug-likeness (QED) is 0.785. The van der Waals surface area contributed by atoms with E-state index in [1.165, 1.54) is 0 Å². The number of alkyl halides is 1. The molecule has 1 aliphatic heterocycles. The molecule has 0 saturated carbocycles. The summed E-state index contributed by atoms with van der Waals surface area (Å²) in [7, 11) is -2.97. The first-order valence-corrected chi connectivity index (χ1v) is 8.11. The Bertz CT molecular complexity index is 458. The summed E-state index contributed by atoms with van der Waals surface area (Å²) in [6.07, 6.45) is 1.42. The molecule has 1 fully saturated rings. The molecule has 1 aromatic heterocycles. The second-order valence-electron chi connectivity index (χ2n) is 3.68. The van der Waals surface area contributed by atoms with Crippen LogP contribution in [0.2, 0.25) is 0 Å². The van der Waals surface area contributed by atoms with Crippen molar-refractivity contribution < 1.29 is 8.42 Å². The largest absolute Gasteiger partial charge is 0.245 e. The van der Waals surface area contributed by atoms with Gasteiger partial charge >= 0.3 is 0 Å². The van der Waals surface area contributed by atoms with Gasteiger partial charge in [-0.15, -0.1) is 22.9 Å². The maximum Gasteiger partial charge on any atom is 0.214 e. The van der Waals surface area contributed by atoms with Gasteiger partial charge in [-0.25, -0.2) is 17.7 Å². The van der Waals surface area contributed by atoms with Crippen LogP contribution in [0.25, 0.3) is 0 Å². The third-order valence-corrected chi connectivity index (χ3v) is 5.70. The number of rotatable bonds is 4. The lowest BCUT2D eigenvalue weighted by Gasteiger charge is -2.12. The molecule has 4 nitrogen and oxygen atoms in total. The SMILES string of the molecule is O=S1(=O)CCCN1CCc1nc(CCl)cs1. The molecule has 90 valence electrons. The average molecular weight is 281 g/mol. The fourth-order valence-corrected chi connectivity index (χ4v) is 4.23. The van der Waals surface area contributed by atoms with Crippen molar-refractivity contribution in [2.24, 2.45) is 0 Å². The predicted octanol–water partition coefficient (Wildman–Crippen LogP) is 1.46. The Hall–Kier alpha value is -0.170. The molecule has 0 spiro atoms. The molecule has 0 aliphatic carbocycles. The number of halogens is 1. The molecule has 1 aliphatic rings. The van der Waals surface area contributed by atoms with Gasteiger partial charge in [0, 0.05) is 24.9 Å². The predicted molar refractivity (Wildman–Crippen MR) is 65.4 cm³/mol. The first kappa shape index (κ1) is 12.3. The van der Waals surface area contributed by atoms with Gasteiger partial charge in [0.25, 0.3) is 0 Å². The highest BCUT2D eigenvalue weighted by atomic mass is 35.5. The molecule has 2 heterocycles. The lowest BCUT2D eigenvalue weighted by molar-refractivity contribution is 0.447. The summed E-state index contributed by atoms with van der Waals surface area (Å²) in [6.45, 7) is 1.19. The first-order valence-electron chi connectivity index (χ1n) is 5.09. The molecular formula is C9H13ClN2O2S2. The van der Waals surface area contributed by atoms with E-state index in [9.17, 15) is 8.42 Å². The van der Waals surface area contributed by atoms with E-state index in [1.807, 2.05) is 5.38 Å². The van der Waals surface area contributed by atoms with Crippen LogP contribution in [0.1, 0.15) is 17.1 Å². The van der Waals surface area contributed by atoms with Crippen molar-refractivity contribution >= 4 is 33.0 Å². The van der Waals surface area contributed by atoms with Gasteiger partial charge in [0.05, 0.1) is 22.3 Å². The molecule has 0 unspecified atom stereocenters. The Morgan fingerprint density at radius 2 is 2.38 bits per heavy atom. The number of aromatic nitrogens is 1. The van der Waals surface area contributed by atoms with Crippen molar-refractivity contribution in [3.63, 3.8) is 0 Å². The van der Waals surface area contributed by atoms with Gasteiger partial charge in [-0.05, 0) is 6.42 Å². The van der Waals surface area contributed by atoms with Crippen LogP contribution in [0.3, 0.4) is 0 Å². The van der Waals surface area contributed by atoms with Crippen LogP contribution in [-0.4, -0.2) is 36.5 Å². The highest BCUT2D eigenvalue weighted by Crippen LogP contribution is 2.16. The molecular weight excluding hydrogens is 268 g/mol. The molecule has 0 bridgehead atoms. The highest BCUT2D eigenvalue weighted by Gasteiger charge is 2.27. The zero-order valence-corrected chi connectivity index (χ0v) is 11.1. The molecule has 1 aromatic rings. The minimum atomic E-state index is -2.97. The van der Waals surface area contributed by atoms with Gasteiger partial charge in [-0.3, -0.25) is 0 Å². The van der Waals surface area contributed by atoms with Crippen molar-refractivity contribution in [1.82, 2.24) is 9.29 Å². The fourth-order valence-electron chi connectivity index (χ4n) is 1.69. The van der Waals surface area contributed by atoms with Gasteiger partial charge < -0.3 is 0 Å². The third-order valence-electron chi connectivity index (χ3n) is 2.51. The molecule has 0 amide bonds. The Morgan fingerprint density at radius 3 is 2.94 bits per heavy atom. The number of thiazole rings is 1. The standard InChI is InChI=1S/C9H13ClN2O2S2/c10-6-8-7-15-9(11-8)2-4-12-3-1-5-16(12,13)14/h7H,1-6H2. The van der Waals surface area contributed by atoms with E-state index in [1.54, 1.807) is 15.6 Å². The maximum absolute atomic E-state index is 11.5. The van der Waals surface area contributed by atoms with E-state index in [4.69, 9.17) is 11.6 Å². The number of hydrogen-bond donors (Lipinski definition) is 0. The van der Waals surface area contributed by atoms with E-state index in [0.717, 1.165) is 17.1 Å². The van der Waals surface area contributed by atoms with Crippen LogP contribution in [0, 0.1) is 0 Å². The van der Waals surface area contributed by atoms with Crippen LogP contribution in [0.4, 0.5) is 0 Å². The second kappa shape index (κ2) is 5.00. The summed E-state index contributed by atoms with van der Waals surface area (Å²) in [5, 5.41) is 2.87.